The molecule has 2 N–H and O–H groups in total. The second kappa shape index (κ2) is 10.4. The molecule has 0 bridgehead atoms. The lowest BCUT2D eigenvalue weighted by atomic mass is 9.98. The van der Waals surface area contributed by atoms with E-state index >= 15 is 0 Å². The Balaban J connectivity index is 1.73. The number of amides is 1. The van der Waals surface area contributed by atoms with Gasteiger partial charge in [-0.05, 0) is 57.4 Å². The van der Waals surface area contributed by atoms with Crippen LogP contribution in [0.2, 0.25) is 0 Å². The van der Waals surface area contributed by atoms with Crippen LogP contribution in [0.15, 0.2) is 30.3 Å². The van der Waals surface area contributed by atoms with Crippen LogP contribution >= 0.6 is 0 Å². The number of nitrogens with one attached hydrogen (secondary N) is 2. The topological polar surface area (TPSA) is 128 Å². The number of ether oxygens (including phenoxy) is 2. The van der Waals surface area contributed by atoms with Gasteiger partial charge in [0.05, 0.1) is 30.1 Å². The van der Waals surface area contributed by atoms with Gasteiger partial charge in [0.2, 0.25) is 0 Å². The molecule has 0 spiro atoms. The number of hydrogen-bond acceptors (Lipinski definition) is 9. The third-order valence-electron chi connectivity index (χ3n) is 6.84. The van der Waals surface area contributed by atoms with Gasteiger partial charge in [0.1, 0.15) is 5.60 Å². The maximum atomic E-state index is 13.7. The number of methoxy groups -OCH3 is 1. The summed E-state index contributed by atoms with van der Waals surface area (Å²) in [4.78, 5) is 26.8. The average Bonchev–Trinajstić information content (AvgIpc) is 3.60. The van der Waals surface area contributed by atoms with Crippen molar-refractivity contribution in [3.8, 4) is 22.8 Å². The Hall–Kier alpha value is -3.61. The van der Waals surface area contributed by atoms with Gasteiger partial charge in [-0.1, -0.05) is 12.1 Å². The molecule has 11 nitrogen and oxygen atoms in total. The maximum Gasteiger partial charge on any atom is 0.419 e. The van der Waals surface area contributed by atoms with Gasteiger partial charge in [0.15, 0.2) is 11.5 Å². The Morgan fingerprint density at radius 2 is 1.88 bits per heavy atom. The molecule has 5 rings (SSSR count). The first-order valence-electron chi connectivity index (χ1n) is 13.1. The first-order chi connectivity index (χ1) is 18.9. The summed E-state index contributed by atoms with van der Waals surface area (Å²) >= 11 is 0. The molecule has 2 aliphatic heterocycles. The lowest BCUT2D eigenvalue weighted by Crippen LogP contribution is -2.34. The number of fused-ring (bicyclic) bond motifs is 2. The van der Waals surface area contributed by atoms with Gasteiger partial charge in [-0.3, -0.25) is 10.2 Å². The molecule has 1 saturated heterocycles. The Labute approximate surface area is 233 Å². The van der Waals surface area contributed by atoms with E-state index in [4.69, 9.17) is 13.7 Å². The van der Waals surface area contributed by atoms with Crippen molar-refractivity contribution in [2.24, 2.45) is 0 Å². The molecule has 0 unspecified atom stereocenters. The van der Waals surface area contributed by atoms with Crippen LogP contribution in [0, 0.1) is 0 Å². The van der Waals surface area contributed by atoms with Crippen molar-refractivity contribution < 1.29 is 31.7 Å². The van der Waals surface area contributed by atoms with Crippen LogP contribution in [0.5, 0.6) is 11.5 Å². The fourth-order valence-electron chi connectivity index (χ4n) is 5.20. The Morgan fingerprint density at radius 1 is 1.15 bits per heavy atom. The fourth-order valence-corrected chi connectivity index (χ4v) is 5.68. The average molecular weight is 571 g/mol. The largest absolute Gasteiger partial charge is 0.493 e. The highest BCUT2D eigenvalue weighted by molar-refractivity contribution is 7.86. The van der Waals surface area contributed by atoms with Crippen LogP contribution in [0.1, 0.15) is 55.1 Å². The number of hydrazine groups is 1. The fraction of sp³-hybridized carbons (Fsp3) is 0.429. The smallest absolute Gasteiger partial charge is 0.419 e. The van der Waals surface area contributed by atoms with Gasteiger partial charge in [-0.25, -0.2) is 14.4 Å². The van der Waals surface area contributed by atoms with E-state index in [1.807, 2.05) is 24.3 Å². The van der Waals surface area contributed by atoms with E-state index in [-0.39, 0.29) is 23.6 Å². The van der Waals surface area contributed by atoms with E-state index in [0.29, 0.717) is 28.9 Å². The highest BCUT2D eigenvalue weighted by atomic mass is 32.2. The normalized spacial score (nSPS) is 15.8. The van der Waals surface area contributed by atoms with Crippen molar-refractivity contribution in [3.63, 3.8) is 0 Å². The zero-order valence-electron chi connectivity index (χ0n) is 23.3. The van der Waals surface area contributed by atoms with Crippen LogP contribution in [-0.2, 0) is 27.9 Å². The molecule has 1 amide bonds. The predicted octanol–water partition coefficient (Wildman–Crippen LogP) is 3.78. The van der Waals surface area contributed by atoms with Crippen LogP contribution in [-0.4, -0.2) is 62.1 Å². The molecule has 3 aromatic rings. The van der Waals surface area contributed by atoms with Gasteiger partial charge < -0.3 is 19.0 Å². The Morgan fingerprint density at radius 3 is 2.52 bits per heavy atom. The summed E-state index contributed by atoms with van der Waals surface area (Å²) in [7, 11) is -2.53. The molecule has 2 aromatic carbocycles. The SMILES string of the molecule is COc1cc(-c2cc3c(CNN4CCCC4)cccc3n2C(=O)OC(C)(C)C)c2c(c1OS(C)(=O)=O)CNC2=O. The van der Waals surface area contributed by atoms with Crippen molar-refractivity contribution in [2.75, 3.05) is 26.5 Å². The molecular weight excluding hydrogens is 536 g/mol. The molecule has 40 heavy (non-hydrogen) atoms. The minimum atomic E-state index is -3.92. The number of carbonyl (C=O) groups is 2. The third-order valence-corrected chi connectivity index (χ3v) is 7.31. The first kappa shape index (κ1) is 27.9. The summed E-state index contributed by atoms with van der Waals surface area (Å²) in [6, 6.07) is 9.10. The quantitative estimate of drug-likeness (QED) is 0.408. The van der Waals surface area contributed by atoms with Crippen molar-refractivity contribution in [2.45, 2.75) is 52.3 Å². The third kappa shape index (κ3) is 5.51. The van der Waals surface area contributed by atoms with E-state index in [1.165, 1.54) is 17.7 Å². The van der Waals surface area contributed by atoms with Crippen LogP contribution in [0.25, 0.3) is 22.2 Å². The van der Waals surface area contributed by atoms with Crippen molar-refractivity contribution >= 4 is 33.0 Å². The second-order valence-electron chi connectivity index (χ2n) is 11.0. The first-order valence-corrected chi connectivity index (χ1v) is 14.9. The second-order valence-corrected chi connectivity index (χ2v) is 12.6. The van der Waals surface area contributed by atoms with E-state index in [0.717, 1.165) is 43.1 Å². The van der Waals surface area contributed by atoms with E-state index in [9.17, 15) is 18.0 Å². The molecular formula is C28H34N4O7S. The molecule has 12 heteroatoms. The number of nitrogens with zero attached hydrogens (tertiary/aromatic N) is 2. The number of benzene rings is 2. The Kier molecular flexibility index (Phi) is 7.28. The number of aromatic nitrogens is 1. The van der Waals surface area contributed by atoms with E-state index < -0.39 is 27.7 Å². The van der Waals surface area contributed by atoms with Gasteiger partial charge in [0.25, 0.3) is 5.91 Å². The number of carbonyl (C=O) groups excluding carboxylic acids is 2. The summed E-state index contributed by atoms with van der Waals surface area (Å²) in [6.45, 7) is 7.90. The minimum Gasteiger partial charge on any atom is -0.493 e. The molecule has 0 atom stereocenters. The molecule has 1 fully saturated rings. The number of rotatable bonds is 7. The lowest BCUT2D eigenvalue weighted by molar-refractivity contribution is 0.0546. The zero-order valence-corrected chi connectivity index (χ0v) is 24.1. The highest BCUT2D eigenvalue weighted by Crippen LogP contribution is 2.44. The Bertz CT molecular complexity index is 1600. The van der Waals surface area contributed by atoms with Gasteiger partial charge >= 0.3 is 16.2 Å². The molecule has 1 aromatic heterocycles. The van der Waals surface area contributed by atoms with E-state index in [1.54, 1.807) is 20.8 Å². The van der Waals surface area contributed by atoms with Crippen LogP contribution in [0.4, 0.5) is 4.79 Å². The van der Waals surface area contributed by atoms with Crippen molar-refractivity contribution in [3.05, 3.63) is 47.0 Å². The zero-order chi connectivity index (χ0) is 28.8. The maximum absolute atomic E-state index is 13.7. The molecule has 214 valence electrons. The monoisotopic (exact) mass is 570 g/mol. The van der Waals surface area contributed by atoms with Crippen LogP contribution in [0.3, 0.4) is 0 Å². The summed E-state index contributed by atoms with van der Waals surface area (Å²) in [5.74, 6) is -0.354. The van der Waals surface area contributed by atoms with Gasteiger partial charge in [-0.15, -0.1) is 0 Å². The van der Waals surface area contributed by atoms with Crippen molar-refractivity contribution in [1.82, 2.24) is 20.3 Å². The summed E-state index contributed by atoms with van der Waals surface area (Å²) in [6.07, 6.45) is 2.61. The molecule has 3 heterocycles. The van der Waals surface area contributed by atoms with Gasteiger partial charge in [-0.2, -0.15) is 8.42 Å². The van der Waals surface area contributed by atoms with Gasteiger partial charge in [0, 0.05) is 42.7 Å². The standard InChI is InChI=1S/C28H34N4O7S/c1-28(2,3)38-27(34)32-21-10-8-9-17(15-30-31-11-6-7-12-31)18(21)13-22(32)19-14-23(37-4)25(39-40(5,35)36)20-16-29-26(33)24(19)20/h8-10,13-14,30H,6-7,11-12,15-16H2,1-5H3,(H,29,33). The number of hydrogen-bond donors (Lipinski definition) is 2. The highest BCUT2D eigenvalue weighted by Gasteiger charge is 2.34. The van der Waals surface area contributed by atoms with E-state index in [2.05, 4.69) is 15.8 Å². The molecule has 0 radical (unpaired) electrons. The van der Waals surface area contributed by atoms with Crippen molar-refractivity contribution in [1.29, 1.82) is 0 Å². The predicted molar refractivity (Wildman–Crippen MR) is 150 cm³/mol. The lowest BCUT2D eigenvalue weighted by Gasteiger charge is -2.22. The molecule has 0 aliphatic carbocycles. The summed E-state index contributed by atoms with van der Waals surface area (Å²) in [5, 5.41) is 5.75. The summed E-state index contributed by atoms with van der Waals surface area (Å²) in [5.41, 5.74) is 5.64. The van der Waals surface area contributed by atoms with Crippen LogP contribution < -0.4 is 19.7 Å². The summed E-state index contributed by atoms with van der Waals surface area (Å²) < 4.78 is 42.1. The molecule has 0 saturated carbocycles. The molecule has 2 aliphatic rings. The minimum absolute atomic E-state index is 0.0426.